The number of aromatic nitrogens is 1. The number of carbonyl (C=O) groups excluding carboxylic acids is 3. The minimum absolute atomic E-state index is 0.197. The first-order valence-corrected chi connectivity index (χ1v) is 7.70. The molecule has 0 bridgehead atoms. The third kappa shape index (κ3) is 2.67. The molecule has 2 aromatic rings. The van der Waals surface area contributed by atoms with E-state index in [1.807, 2.05) is 0 Å². The van der Waals surface area contributed by atoms with Crippen LogP contribution in [0.15, 0.2) is 53.5 Å². The number of rotatable bonds is 4. The van der Waals surface area contributed by atoms with E-state index in [9.17, 15) is 19.2 Å². The molecule has 4 amide bonds. The number of benzene rings is 1. The maximum absolute atomic E-state index is 12.9. The second-order valence-electron chi connectivity index (χ2n) is 5.55. The molecule has 0 radical (unpaired) electrons. The van der Waals surface area contributed by atoms with E-state index < -0.39 is 28.9 Å². The molecule has 3 rings (SSSR count). The Morgan fingerprint density at radius 1 is 1.12 bits per heavy atom. The number of nitrogens with one attached hydrogen (secondary N) is 3. The van der Waals surface area contributed by atoms with Crippen LogP contribution in [0.3, 0.4) is 0 Å². The number of amides is 4. The summed E-state index contributed by atoms with van der Waals surface area (Å²) < 4.78 is 0. The third-order valence-corrected chi connectivity index (χ3v) is 4.16. The molecule has 25 heavy (non-hydrogen) atoms. The van der Waals surface area contributed by atoms with Crippen LogP contribution in [0.1, 0.15) is 29.3 Å². The predicted molar refractivity (Wildman–Crippen MR) is 88.3 cm³/mol. The average Bonchev–Trinajstić information content (AvgIpc) is 2.88. The van der Waals surface area contributed by atoms with Gasteiger partial charge in [0.05, 0.1) is 0 Å². The molecule has 1 aromatic heterocycles. The molecule has 0 spiro atoms. The van der Waals surface area contributed by atoms with E-state index in [2.05, 4.69) is 15.7 Å². The number of hydrazine groups is 1. The van der Waals surface area contributed by atoms with E-state index >= 15 is 0 Å². The fourth-order valence-electron chi connectivity index (χ4n) is 2.80. The molecular formula is C17H16N4O4. The lowest BCUT2D eigenvalue weighted by atomic mass is 9.87. The van der Waals surface area contributed by atoms with Crippen LogP contribution >= 0.6 is 0 Å². The minimum Gasteiger partial charge on any atom is -0.328 e. The fraction of sp³-hybridized carbons (Fsp3) is 0.176. The highest BCUT2D eigenvalue weighted by molar-refractivity contribution is 6.09. The molecule has 8 heteroatoms. The number of aromatic amines is 1. The molecule has 1 saturated heterocycles. The maximum Gasteiger partial charge on any atom is 0.344 e. The van der Waals surface area contributed by atoms with E-state index in [4.69, 9.17) is 0 Å². The van der Waals surface area contributed by atoms with Gasteiger partial charge in [-0.1, -0.05) is 37.3 Å². The van der Waals surface area contributed by atoms with Crippen LogP contribution in [0.2, 0.25) is 0 Å². The monoisotopic (exact) mass is 340 g/mol. The molecule has 1 fully saturated rings. The Bertz CT molecular complexity index is 893. The number of imide groups is 1. The van der Waals surface area contributed by atoms with Gasteiger partial charge < -0.3 is 10.3 Å². The van der Waals surface area contributed by atoms with Crippen LogP contribution in [-0.4, -0.2) is 27.8 Å². The standard InChI is InChI=1S/C17H16N4O4/c1-2-17(11-7-4-3-5-8-11)15(24)21(16(25)19-17)20-14(23)12-9-6-10-18-13(12)22/h3-10H,2H2,1H3,(H,18,22)(H,19,25)(H,20,23). The summed E-state index contributed by atoms with van der Waals surface area (Å²) in [4.78, 5) is 51.4. The molecule has 0 aliphatic carbocycles. The molecule has 3 N–H and O–H groups in total. The van der Waals surface area contributed by atoms with Crippen LogP contribution in [0.5, 0.6) is 0 Å². The fourth-order valence-corrected chi connectivity index (χ4v) is 2.80. The van der Waals surface area contributed by atoms with Crippen molar-refractivity contribution in [1.29, 1.82) is 0 Å². The Labute approximate surface area is 142 Å². The first kappa shape index (κ1) is 16.4. The number of hydrogen-bond donors (Lipinski definition) is 3. The number of urea groups is 1. The third-order valence-electron chi connectivity index (χ3n) is 4.16. The van der Waals surface area contributed by atoms with Gasteiger partial charge >= 0.3 is 6.03 Å². The van der Waals surface area contributed by atoms with Crippen molar-refractivity contribution < 1.29 is 14.4 Å². The summed E-state index contributed by atoms with van der Waals surface area (Å²) in [6.07, 6.45) is 1.68. The molecular weight excluding hydrogens is 324 g/mol. The van der Waals surface area contributed by atoms with Crippen LogP contribution in [0, 0.1) is 0 Å². The van der Waals surface area contributed by atoms with E-state index in [-0.39, 0.29) is 5.56 Å². The van der Waals surface area contributed by atoms with Gasteiger partial charge in [0.15, 0.2) is 0 Å². The normalized spacial score (nSPS) is 19.6. The summed E-state index contributed by atoms with van der Waals surface area (Å²) in [5.41, 5.74) is 0.756. The van der Waals surface area contributed by atoms with Crippen molar-refractivity contribution in [3.63, 3.8) is 0 Å². The zero-order chi connectivity index (χ0) is 18.0. The molecule has 1 aliphatic heterocycles. The van der Waals surface area contributed by atoms with Crippen LogP contribution < -0.4 is 16.3 Å². The number of nitrogens with zero attached hydrogens (tertiary/aromatic N) is 1. The zero-order valence-electron chi connectivity index (χ0n) is 13.4. The summed E-state index contributed by atoms with van der Waals surface area (Å²) in [6.45, 7) is 1.76. The first-order chi connectivity index (χ1) is 12.0. The predicted octanol–water partition coefficient (Wildman–Crippen LogP) is 0.877. The highest BCUT2D eigenvalue weighted by atomic mass is 16.2. The topological polar surface area (TPSA) is 111 Å². The lowest BCUT2D eigenvalue weighted by Crippen LogP contribution is -2.49. The number of pyridine rings is 1. The van der Waals surface area contributed by atoms with Crippen molar-refractivity contribution in [2.24, 2.45) is 0 Å². The SMILES string of the molecule is CCC1(c2ccccc2)NC(=O)N(NC(=O)c2ccc[nH]c2=O)C1=O. The summed E-state index contributed by atoms with van der Waals surface area (Å²) in [7, 11) is 0. The molecule has 2 heterocycles. The van der Waals surface area contributed by atoms with Crippen molar-refractivity contribution in [2.45, 2.75) is 18.9 Å². The molecule has 1 atom stereocenters. The van der Waals surface area contributed by atoms with Gasteiger partial charge in [-0.2, -0.15) is 5.01 Å². The van der Waals surface area contributed by atoms with Gasteiger partial charge in [0.25, 0.3) is 17.4 Å². The van der Waals surface area contributed by atoms with E-state index in [0.29, 0.717) is 17.0 Å². The van der Waals surface area contributed by atoms with Crippen LogP contribution in [0.4, 0.5) is 4.79 Å². The molecule has 1 unspecified atom stereocenters. The van der Waals surface area contributed by atoms with Crippen molar-refractivity contribution in [3.05, 3.63) is 70.1 Å². The second kappa shape index (κ2) is 6.23. The second-order valence-corrected chi connectivity index (χ2v) is 5.55. The first-order valence-electron chi connectivity index (χ1n) is 7.70. The number of H-pyrrole nitrogens is 1. The summed E-state index contributed by atoms with van der Waals surface area (Å²) in [6, 6.07) is 10.8. The average molecular weight is 340 g/mol. The number of hydrogen-bond acceptors (Lipinski definition) is 4. The molecule has 1 aliphatic rings. The van der Waals surface area contributed by atoms with E-state index in [0.717, 1.165) is 0 Å². The van der Waals surface area contributed by atoms with Gasteiger partial charge in [0.2, 0.25) is 0 Å². The van der Waals surface area contributed by atoms with Gasteiger partial charge in [0.1, 0.15) is 11.1 Å². The minimum atomic E-state index is -1.26. The smallest absolute Gasteiger partial charge is 0.328 e. The summed E-state index contributed by atoms with van der Waals surface area (Å²) in [5.74, 6) is -1.45. The van der Waals surface area contributed by atoms with Gasteiger partial charge in [-0.15, -0.1) is 0 Å². The van der Waals surface area contributed by atoms with Crippen LogP contribution in [-0.2, 0) is 10.3 Å². The Balaban J connectivity index is 1.90. The van der Waals surface area contributed by atoms with Gasteiger partial charge in [-0.3, -0.25) is 19.8 Å². The van der Waals surface area contributed by atoms with Gasteiger partial charge in [0, 0.05) is 6.20 Å². The highest BCUT2D eigenvalue weighted by Gasteiger charge is 2.52. The Morgan fingerprint density at radius 3 is 2.48 bits per heavy atom. The highest BCUT2D eigenvalue weighted by Crippen LogP contribution is 2.31. The van der Waals surface area contributed by atoms with Crippen molar-refractivity contribution in [1.82, 2.24) is 20.7 Å². The molecule has 1 aromatic carbocycles. The van der Waals surface area contributed by atoms with E-state index in [1.165, 1.54) is 18.3 Å². The zero-order valence-corrected chi connectivity index (χ0v) is 13.4. The molecule has 8 nitrogen and oxygen atoms in total. The summed E-state index contributed by atoms with van der Waals surface area (Å²) in [5, 5.41) is 3.26. The molecule has 128 valence electrons. The maximum atomic E-state index is 12.9. The number of carbonyl (C=O) groups is 3. The quantitative estimate of drug-likeness (QED) is 0.717. The molecule has 0 saturated carbocycles. The largest absolute Gasteiger partial charge is 0.344 e. The summed E-state index contributed by atoms with van der Waals surface area (Å²) >= 11 is 0. The Kier molecular flexibility index (Phi) is 4.10. The van der Waals surface area contributed by atoms with Gasteiger partial charge in [-0.25, -0.2) is 4.79 Å². The lowest BCUT2D eigenvalue weighted by Gasteiger charge is -2.25. The van der Waals surface area contributed by atoms with E-state index in [1.54, 1.807) is 37.3 Å². The van der Waals surface area contributed by atoms with Crippen molar-refractivity contribution in [3.8, 4) is 0 Å². The lowest BCUT2D eigenvalue weighted by molar-refractivity contribution is -0.133. The van der Waals surface area contributed by atoms with Crippen molar-refractivity contribution in [2.75, 3.05) is 0 Å². The Hall–Kier alpha value is -3.42. The van der Waals surface area contributed by atoms with Gasteiger partial charge in [-0.05, 0) is 24.1 Å². The Morgan fingerprint density at radius 2 is 1.84 bits per heavy atom. The van der Waals surface area contributed by atoms with Crippen molar-refractivity contribution >= 4 is 17.8 Å². The van der Waals surface area contributed by atoms with Crippen LogP contribution in [0.25, 0.3) is 0 Å².